The average molecular weight is 662 g/mol. The van der Waals surface area contributed by atoms with Crippen molar-refractivity contribution < 1.29 is 23.4 Å². The maximum atomic E-state index is 14.7. The second-order valence-electron chi connectivity index (χ2n) is 18.3. The topological polar surface area (TPSA) is 94.9 Å². The number of allylic oxidation sites excluding steroid dienone is 4. The van der Waals surface area contributed by atoms with Gasteiger partial charge in [-0.15, -0.1) is 0 Å². The first-order valence-corrected chi connectivity index (χ1v) is 20.2. The first-order chi connectivity index (χ1) is 22.0. The highest BCUT2D eigenvalue weighted by Gasteiger charge is 2.74. The van der Waals surface area contributed by atoms with Crippen LogP contribution in [0.5, 0.6) is 0 Å². The van der Waals surface area contributed by atoms with Crippen molar-refractivity contribution in [3.05, 3.63) is 59.7 Å². The van der Waals surface area contributed by atoms with Crippen LogP contribution in [0.1, 0.15) is 102 Å². The lowest BCUT2D eigenvalue weighted by atomic mass is 9.32. The summed E-state index contributed by atoms with van der Waals surface area (Å²) in [5, 5.41) is 23.9. The highest BCUT2D eigenvalue weighted by molar-refractivity contribution is 7.88. The number of nitrogens with zero attached hydrogens (tertiary/aromatic N) is 1. The number of fused-ring (bicyclic) bond motifs is 3. The predicted molar refractivity (Wildman–Crippen MR) is 184 cm³/mol. The molecule has 1 aromatic rings. The molecule has 9 aliphatic rings. The Morgan fingerprint density at radius 3 is 2.28 bits per heavy atom. The van der Waals surface area contributed by atoms with Crippen molar-refractivity contribution in [2.75, 3.05) is 19.3 Å². The molecular formula is C40H55NO5S. The number of carbonyl (C=O) groups excluding carboxylic acids is 1. The first kappa shape index (κ1) is 32.4. The van der Waals surface area contributed by atoms with Crippen LogP contribution in [0.2, 0.25) is 0 Å². The van der Waals surface area contributed by atoms with Crippen molar-refractivity contribution in [2.45, 2.75) is 104 Å². The van der Waals surface area contributed by atoms with Gasteiger partial charge in [0.05, 0.1) is 18.0 Å². The quantitative estimate of drug-likeness (QED) is 0.248. The molecule has 0 radical (unpaired) electrons. The number of aliphatic hydroxyl groups is 2. The lowest BCUT2D eigenvalue weighted by Crippen LogP contribution is -2.67. The molecule has 6 nitrogen and oxygen atoms in total. The van der Waals surface area contributed by atoms with Gasteiger partial charge >= 0.3 is 0 Å². The van der Waals surface area contributed by atoms with Crippen LogP contribution >= 0.6 is 0 Å². The van der Waals surface area contributed by atoms with E-state index in [1.807, 2.05) is 30.3 Å². The zero-order chi connectivity index (χ0) is 33.4. The Bertz CT molecular complexity index is 1650. The Morgan fingerprint density at radius 1 is 0.915 bits per heavy atom. The SMILES string of the molecule is CC1(C)C2CCC(CN(CC3(O)CCC4C56C=CC7(C=C5C(=O)c5ccccc5)CC(O)CCC7(C)C6CCC43C)S(C)(=O)=O)C1C2. The maximum Gasteiger partial charge on any atom is 0.211 e. The second kappa shape index (κ2) is 10.1. The standard InChI is InChI=1S/C40H55NO5S/c1-35(2)28-12-11-27(30(35)21-28)24-41(47(5,45)46)25-39(44)18-15-33-37(39,4)17-14-32-36(3)16-13-29(42)22-38(36)19-20-40(32,33)31(23-38)34(43)26-9-7-6-8-10-26/h6-10,19-20,23,27-30,32-33,42,44H,11-18,21-22,24-25H2,1-5H3. The van der Waals surface area contributed by atoms with Crippen LogP contribution < -0.4 is 0 Å². The van der Waals surface area contributed by atoms with Crippen molar-refractivity contribution in [2.24, 2.45) is 56.7 Å². The molecule has 11 atom stereocenters. The molecule has 9 aliphatic carbocycles. The van der Waals surface area contributed by atoms with Gasteiger partial charge in [0, 0.05) is 40.5 Å². The van der Waals surface area contributed by atoms with Crippen LogP contribution in [0.15, 0.2) is 54.1 Å². The van der Waals surface area contributed by atoms with E-state index in [1.54, 1.807) is 4.31 Å². The molecule has 6 fully saturated rings. The maximum absolute atomic E-state index is 14.7. The van der Waals surface area contributed by atoms with Crippen LogP contribution in [-0.2, 0) is 10.0 Å². The van der Waals surface area contributed by atoms with Gasteiger partial charge < -0.3 is 10.2 Å². The number of Topliss-reactive ketones (excluding diaryl/α,β-unsaturated/α-hetero) is 1. The van der Waals surface area contributed by atoms with Crippen molar-refractivity contribution in [3.63, 3.8) is 0 Å². The molecule has 6 saturated carbocycles. The largest absolute Gasteiger partial charge is 0.393 e. The van der Waals surface area contributed by atoms with E-state index in [9.17, 15) is 23.4 Å². The van der Waals surface area contributed by atoms with Crippen LogP contribution in [-0.4, -0.2) is 59.8 Å². The van der Waals surface area contributed by atoms with Crippen LogP contribution in [0.25, 0.3) is 0 Å². The summed E-state index contributed by atoms with van der Waals surface area (Å²) < 4.78 is 28.6. The lowest BCUT2D eigenvalue weighted by molar-refractivity contribution is -0.174. The van der Waals surface area contributed by atoms with Gasteiger partial charge in [-0.2, -0.15) is 4.31 Å². The van der Waals surface area contributed by atoms with Crippen molar-refractivity contribution in [1.29, 1.82) is 0 Å². The van der Waals surface area contributed by atoms with E-state index in [4.69, 9.17) is 0 Å². The van der Waals surface area contributed by atoms with Gasteiger partial charge in [-0.25, -0.2) is 8.42 Å². The monoisotopic (exact) mass is 661 g/mol. The first-order valence-electron chi connectivity index (χ1n) is 18.4. The third-order valence-electron chi connectivity index (χ3n) is 16.3. The Morgan fingerprint density at radius 2 is 1.60 bits per heavy atom. The molecule has 47 heavy (non-hydrogen) atoms. The van der Waals surface area contributed by atoms with E-state index in [0.29, 0.717) is 36.8 Å². The Labute approximate surface area is 282 Å². The summed E-state index contributed by atoms with van der Waals surface area (Å²) in [4.78, 5) is 14.7. The van der Waals surface area contributed by atoms with Gasteiger partial charge in [-0.3, -0.25) is 4.79 Å². The van der Waals surface area contributed by atoms with E-state index in [1.165, 1.54) is 12.7 Å². The Balaban J connectivity index is 1.18. The van der Waals surface area contributed by atoms with E-state index in [2.05, 4.69) is 45.9 Å². The number of carbonyl (C=O) groups is 1. The van der Waals surface area contributed by atoms with Gasteiger partial charge in [0.2, 0.25) is 10.0 Å². The molecule has 0 heterocycles. The van der Waals surface area contributed by atoms with E-state index < -0.39 is 32.6 Å². The van der Waals surface area contributed by atoms with Crippen LogP contribution in [0.4, 0.5) is 0 Å². The molecule has 0 aromatic heterocycles. The molecule has 4 bridgehead atoms. The number of rotatable bonds is 7. The van der Waals surface area contributed by atoms with Crippen LogP contribution in [0.3, 0.4) is 0 Å². The number of hydrogen-bond acceptors (Lipinski definition) is 5. The van der Waals surface area contributed by atoms with Crippen molar-refractivity contribution in [3.8, 4) is 0 Å². The van der Waals surface area contributed by atoms with Gasteiger partial charge in [0.1, 0.15) is 0 Å². The Hall–Kier alpha value is -1.80. The molecule has 10 rings (SSSR count). The zero-order valence-electron chi connectivity index (χ0n) is 29.0. The summed E-state index contributed by atoms with van der Waals surface area (Å²) in [6.45, 7) is 9.91. The molecule has 0 amide bonds. The molecular weight excluding hydrogens is 607 g/mol. The molecule has 11 unspecified atom stereocenters. The fourth-order valence-corrected chi connectivity index (χ4v) is 14.3. The smallest absolute Gasteiger partial charge is 0.211 e. The molecule has 7 heteroatoms. The van der Waals surface area contributed by atoms with E-state index in [-0.39, 0.29) is 40.4 Å². The van der Waals surface area contributed by atoms with Gasteiger partial charge in [-0.1, -0.05) is 76.3 Å². The van der Waals surface area contributed by atoms with Crippen molar-refractivity contribution in [1.82, 2.24) is 4.31 Å². The number of aliphatic hydroxyl groups excluding tert-OH is 1. The fraction of sp³-hybridized carbons (Fsp3) is 0.725. The molecule has 0 aliphatic heterocycles. The zero-order valence-corrected chi connectivity index (χ0v) is 29.9. The summed E-state index contributed by atoms with van der Waals surface area (Å²) in [5.74, 6) is 1.86. The Kier molecular flexibility index (Phi) is 6.99. The highest BCUT2D eigenvalue weighted by Crippen LogP contribution is 2.78. The minimum absolute atomic E-state index is 0.00157. The second-order valence-corrected chi connectivity index (χ2v) is 20.2. The summed E-state index contributed by atoms with van der Waals surface area (Å²) in [6, 6.07) is 9.58. The fourth-order valence-electron chi connectivity index (χ4n) is 13.4. The van der Waals surface area contributed by atoms with Crippen LogP contribution in [0, 0.1) is 56.7 Å². The number of ketones is 1. The molecule has 2 N–H and O–H groups in total. The normalized spacial score (nSPS) is 47.4. The van der Waals surface area contributed by atoms with E-state index in [0.717, 1.165) is 56.4 Å². The number of benzene rings is 1. The third kappa shape index (κ3) is 4.18. The minimum atomic E-state index is -3.56. The summed E-state index contributed by atoms with van der Waals surface area (Å²) >= 11 is 0. The summed E-state index contributed by atoms with van der Waals surface area (Å²) in [6.07, 6.45) is 16.5. The number of sulfonamides is 1. The van der Waals surface area contributed by atoms with Gasteiger partial charge in [-0.05, 0) is 105 Å². The average Bonchev–Trinajstić information content (AvgIpc) is 3.30. The predicted octanol–water partition coefficient (Wildman–Crippen LogP) is 6.79. The molecule has 2 spiro atoms. The number of hydrogen-bond donors (Lipinski definition) is 2. The van der Waals surface area contributed by atoms with Crippen molar-refractivity contribution >= 4 is 15.8 Å². The highest BCUT2D eigenvalue weighted by atomic mass is 32.2. The van der Waals surface area contributed by atoms with Gasteiger partial charge in [0.25, 0.3) is 0 Å². The lowest BCUT2D eigenvalue weighted by Gasteiger charge is -2.71. The summed E-state index contributed by atoms with van der Waals surface area (Å²) in [5.41, 5.74) is -1.01. The summed E-state index contributed by atoms with van der Waals surface area (Å²) in [7, 11) is -3.56. The molecule has 1 aromatic carbocycles. The molecule has 256 valence electrons. The molecule has 0 saturated heterocycles. The minimum Gasteiger partial charge on any atom is -0.393 e. The third-order valence-corrected chi connectivity index (χ3v) is 17.6. The van der Waals surface area contributed by atoms with E-state index >= 15 is 0 Å². The van der Waals surface area contributed by atoms with Gasteiger partial charge in [0.15, 0.2) is 5.78 Å².